The summed E-state index contributed by atoms with van der Waals surface area (Å²) in [5.41, 5.74) is 0.790. The number of benzene rings is 1. The van der Waals surface area contributed by atoms with E-state index < -0.39 is 4.92 Å². The van der Waals surface area contributed by atoms with Crippen LogP contribution in [0.4, 0.5) is 5.69 Å². The van der Waals surface area contributed by atoms with Crippen LogP contribution in [-0.4, -0.2) is 17.3 Å². The van der Waals surface area contributed by atoms with Gasteiger partial charge in [0.05, 0.1) is 11.5 Å². The lowest BCUT2D eigenvalue weighted by molar-refractivity contribution is -0.386. The van der Waals surface area contributed by atoms with E-state index in [1.807, 2.05) is 13.0 Å². The second kappa shape index (κ2) is 8.43. The van der Waals surface area contributed by atoms with Crippen molar-refractivity contribution in [1.82, 2.24) is 0 Å². The minimum atomic E-state index is -0.409. The maximum absolute atomic E-state index is 11.0. The summed E-state index contributed by atoms with van der Waals surface area (Å²) in [4.78, 5) is 10.6. The highest BCUT2D eigenvalue weighted by Gasteiger charge is 2.18. The van der Waals surface area contributed by atoms with E-state index in [0.717, 1.165) is 37.0 Å². The molecule has 6 heteroatoms. The lowest BCUT2D eigenvalue weighted by atomic mass is 10.2. The maximum Gasteiger partial charge on any atom is 0.312 e. The SMILES string of the molecule is Cc1cc(Br)cc([N+](=O)[O-])c1OCCCCCCS. The Bertz CT molecular complexity index is 440. The summed E-state index contributed by atoms with van der Waals surface area (Å²) in [5.74, 6) is 1.28. The van der Waals surface area contributed by atoms with Crippen molar-refractivity contribution in [2.45, 2.75) is 32.6 Å². The van der Waals surface area contributed by atoms with Crippen LogP contribution < -0.4 is 4.74 Å². The summed E-state index contributed by atoms with van der Waals surface area (Å²) < 4.78 is 6.28. The van der Waals surface area contributed by atoms with Gasteiger partial charge in [-0.2, -0.15) is 12.6 Å². The van der Waals surface area contributed by atoms with Gasteiger partial charge in [-0.05, 0) is 37.1 Å². The number of nitro benzene ring substituents is 1. The molecular formula is C13H18BrNO3S. The highest BCUT2D eigenvalue weighted by atomic mass is 79.9. The van der Waals surface area contributed by atoms with E-state index in [9.17, 15) is 10.1 Å². The van der Waals surface area contributed by atoms with Gasteiger partial charge >= 0.3 is 5.69 Å². The standard InChI is InChI=1S/C13H18BrNO3S/c1-10-8-11(14)9-12(15(16)17)13(10)18-6-4-2-3-5-7-19/h8-9,19H,2-7H2,1H3. The molecule has 0 saturated carbocycles. The number of ether oxygens (including phenoxy) is 1. The Labute approximate surface area is 127 Å². The first-order valence-corrected chi connectivity index (χ1v) is 7.67. The van der Waals surface area contributed by atoms with E-state index in [1.165, 1.54) is 6.07 Å². The summed E-state index contributed by atoms with van der Waals surface area (Å²) in [6.45, 7) is 2.32. The summed E-state index contributed by atoms with van der Waals surface area (Å²) in [5, 5.41) is 11.0. The van der Waals surface area contributed by atoms with Gasteiger partial charge in [0, 0.05) is 10.5 Å². The van der Waals surface area contributed by atoms with Crippen molar-refractivity contribution >= 4 is 34.2 Å². The Kier molecular flexibility index (Phi) is 7.23. The molecule has 0 aliphatic carbocycles. The van der Waals surface area contributed by atoms with Crippen LogP contribution in [-0.2, 0) is 0 Å². The monoisotopic (exact) mass is 347 g/mol. The molecule has 0 aliphatic heterocycles. The molecular weight excluding hydrogens is 330 g/mol. The molecule has 0 aromatic heterocycles. The normalized spacial score (nSPS) is 10.5. The van der Waals surface area contributed by atoms with Crippen LogP contribution in [0, 0.1) is 17.0 Å². The van der Waals surface area contributed by atoms with Gasteiger partial charge in [-0.15, -0.1) is 0 Å². The predicted octanol–water partition coefficient (Wildman–Crippen LogP) is 4.53. The van der Waals surface area contributed by atoms with Crippen molar-refractivity contribution in [3.05, 3.63) is 32.3 Å². The quantitative estimate of drug-likeness (QED) is 0.325. The fourth-order valence-electron chi connectivity index (χ4n) is 1.78. The Morgan fingerprint density at radius 3 is 2.63 bits per heavy atom. The molecule has 4 nitrogen and oxygen atoms in total. The van der Waals surface area contributed by atoms with Gasteiger partial charge in [0.2, 0.25) is 0 Å². The number of aryl methyl sites for hydroxylation is 1. The maximum atomic E-state index is 11.0. The Morgan fingerprint density at radius 2 is 2.00 bits per heavy atom. The molecule has 0 aliphatic rings. The van der Waals surface area contributed by atoms with Gasteiger partial charge in [0.1, 0.15) is 0 Å². The average Bonchev–Trinajstić information content (AvgIpc) is 2.34. The molecule has 0 N–H and O–H groups in total. The highest BCUT2D eigenvalue weighted by molar-refractivity contribution is 9.10. The van der Waals surface area contributed by atoms with E-state index in [4.69, 9.17) is 4.74 Å². The Balaban J connectivity index is 2.59. The minimum absolute atomic E-state index is 0.0160. The third kappa shape index (κ3) is 5.40. The Morgan fingerprint density at radius 1 is 1.32 bits per heavy atom. The minimum Gasteiger partial charge on any atom is -0.487 e. The lowest BCUT2D eigenvalue weighted by Crippen LogP contribution is -2.02. The highest BCUT2D eigenvalue weighted by Crippen LogP contribution is 2.34. The molecule has 0 amide bonds. The molecule has 0 atom stereocenters. The first kappa shape index (κ1) is 16.3. The zero-order valence-electron chi connectivity index (χ0n) is 10.9. The molecule has 1 aromatic carbocycles. The van der Waals surface area contributed by atoms with Gasteiger partial charge in [-0.1, -0.05) is 28.8 Å². The van der Waals surface area contributed by atoms with Crippen molar-refractivity contribution in [1.29, 1.82) is 0 Å². The van der Waals surface area contributed by atoms with Crippen LogP contribution in [0.5, 0.6) is 5.75 Å². The summed E-state index contributed by atoms with van der Waals surface area (Å²) in [6.07, 6.45) is 4.18. The molecule has 0 saturated heterocycles. The van der Waals surface area contributed by atoms with Crippen molar-refractivity contribution in [2.24, 2.45) is 0 Å². The summed E-state index contributed by atoms with van der Waals surface area (Å²) in [6, 6.07) is 3.30. The van der Waals surface area contributed by atoms with Crippen LogP contribution in [0.2, 0.25) is 0 Å². The molecule has 0 heterocycles. The van der Waals surface area contributed by atoms with Crippen molar-refractivity contribution < 1.29 is 9.66 Å². The average molecular weight is 348 g/mol. The Hall–Kier alpha value is -0.750. The topological polar surface area (TPSA) is 52.4 Å². The number of rotatable bonds is 8. The summed E-state index contributed by atoms with van der Waals surface area (Å²) in [7, 11) is 0. The fourth-order valence-corrected chi connectivity index (χ4v) is 2.56. The van der Waals surface area contributed by atoms with Crippen LogP contribution in [0.1, 0.15) is 31.2 Å². The molecule has 0 fully saturated rings. The first-order chi connectivity index (χ1) is 9.06. The number of nitrogens with zero attached hydrogens (tertiary/aromatic N) is 1. The summed E-state index contributed by atoms with van der Waals surface area (Å²) >= 11 is 7.41. The van der Waals surface area contributed by atoms with Gasteiger partial charge in [0.15, 0.2) is 5.75 Å². The van der Waals surface area contributed by atoms with Crippen LogP contribution >= 0.6 is 28.6 Å². The van der Waals surface area contributed by atoms with E-state index in [2.05, 4.69) is 28.6 Å². The van der Waals surface area contributed by atoms with Gasteiger partial charge in [0.25, 0.3) is 0 Å². The van der Waals surface area contributed by atoms with Crippen LogP contribution in [0.15, 0.2) is 16.6 Å². The van der Waals surface area contributed by atoms with Crippen molar-refractivity contribution in [3.8, 4) is 5.75 Å². The van der Waals surface area contributed by atoms with Crippen molar-refractivity contribution in [2.75, 3.05) is 12.4 Å². The second-order valence-corrected chi connectivity index (χ2v) is 5.68. The van der Waals surface area contributed by atoms with Gasteiger partial charge in [-0.25, -0.2) is 0 Å². The molecule has 0 radical (unpaired) electrons. The van der Waals surface area contributed by atoms with E-state index in [0.29, 0.717) is 16.8 Å². The predicted molar refractivity (Wildman–Crippen MR) is 83.3 cm³/mol. The third-order valence-corrected chi connectivity index (χ3v) is 3.49. The van der Waals surface area contributed by atoms with Crippen LogP contribution in [0.25, 0.3) is 0 Å². The lowest BCUT2D eigenvalue weighted by Gasteiger charge is -2.10. The first-order valence-electron chi connectivity index (χ1n) is 6.24. The number of hydrogen-bond acceptors (Lipinski definition) is 4. The largest absolute Gasteiger partial charge is 0.487 e. The zero-order valence-corrected chi connectivity index (χ0v) is 13.4. The zero-order chi connectivity index (χ0) is 14.3. The fraction of sp³-hybridized carbons (Fsp3) is 0.538. The number of hydrogen-bond donors (Lipinski definition) is 1. The smallest absolute Gasteiger partial charge is 0.312 e. The van der Waals surface area contributed by atoms with Crippen LogP contribution in [0.3, 0.4) is 0 Å². The number of unbranched alkanes of at least 4 members (excludes halogenated alkanes) is 3. The second-order valence-electron chi connectivity index (χ2n) is 4.31. The molecule has 1 aromatic rings. The third-order valence-electron chi connectivity index (χ3n) is 2.72. The van der Waals surface area contributed by atoms with E-state index in [1.54, 1.807) is 0 Å². The number of nitro groups is 1. The molecule has 19 heavy (non-hydrogen) atoms. The molecule has 0 spiro atoms. The number of halogens is 1. The van der Waals surface area contributed by atoms with Gasteiger partial charge in [-0.3, -0.25) is 10.1 Å². The van der Waals surface area contributed by atoms with Gasteiger partial charge < -0.3 is 4.74 Å². The molecule has 0 unspecified atom stereocenters. The van der Waals surface area contributed by atoms with Crippen molar-refractivity contribution in [3.63, 3.8) is 0 Å². The molecule has 106 valence electrons. The molecule has 0 bridgehead atoms. The number of thiol groups is 1. The van der Waals surface area contributed by atoms with E-state index in [-0.39, 0.29) is 5.69 Å². The molecule has 1 rings (SSSR count). The van der Waals surface area contributed by atoms with E-state index >= 15 is 0 Å².